The van der Waals surface area contributed by atoms with E-state index in [0.29, 0.717) is 22.9 Å². The van der Waals surface area contributed by atoms with E-state index >= 15 is 0 Å². The maximum absolute atomic E-state index is 13.1. The number of amides is 1. The number of hydrogen-bond acceptors (Lipinski definition) is 6. The number of ether oxygens (including phenoxy) is 4. The van der Waals surface area contributed by atoms with Gasteiger partial charge < -0.3 is 24.3 Å². The lowest BCUT2D eigenvalue weighted by Gasteiger charge is -2.14. The van der Waals surface area contributed by atoms with E-state index in [1.54, 1.807) is 0 Å². The van der Waals surface area contributed by atoms with Crippen LogP contribution in [0.1, 0.15) is 10.4 Å². The second kappa shape index (κ2) is 9.22. The normalized spacial score (nSPS) is 10.1. The summed E-state index contributed by atoms with van der Waals surface area (Å²) in [5, 5.41) is 2.57. The lowest BCUT2D eigenvalue weighted by atomic mass is 10.2. The molecule has 9 heteroatoms. The zero-order valence-electron chi connectivity index (χ0n) is 14.8. The Bertz CT molecular complexity index is 833. The highest BCUT2D eigenvalue weighted by Gasteiger charge is 2.17. The number of hydrogen-bond donors (Lipinski definition) is 1. The molecule has 0 atom stereocenters. The van der Waals surface area contributed by atoms with Gasteiger partial charge in [0, 0.05) is 22.3 Å². The van der Waals surface area contributed by atoms with Crippen molar-refractivity contribution in [3.63, 3.8) is 0 Å². The Balaban J connectivity index is 2.04. The summed E-state index contributed by atoms with van der Waals surface area (Å²) in [6, 6.07) is 6.60. The number of nitrogens with one attached hydrogen (secondary N) is 1. The minimum atomic E-state index is -0.762. The van der Waals surface area contributed by atoms with Crippen molar-refractivity contribution in [3.8, 4) is 17.2 Å². The van der Waals surface area contributed by atoms with Crippen LogP contribution in [-0.4, -0.2) is 39.8 Å². The molecule has 1 amide bonds. The summed E-state index contributed by atoms with van der Waals surface area (Å²) < 4.78 is 33.9. The monoisotopic (exact) mass is 441 g/mol. The quantitative estimate of drug-likeness (QED) is 0.662. The second-order valence-corrected chi connectivity index (χ2v) is 6.02. The van der Waals surface area contributed by atoms with Gasteiger partial charge in [-0.1, -0.05) is 0 Å². The highest BCUT2D eigenvalue weighted by atomic mass is 79.9. The van der Waals surface area contributed by atoms with E-state index in [1.165, 1.54) is 39.5 Å². The molecule has 0 heterocycles. The molecule has 0 aliphatic rings. The number of anilines is 1. The molecule has 0 bridgehead atoms. The van der Waals surface area contributed by atoms with E-state index in [-0.39, 0.29) is 10.0 Å². The first-order valence-corrected chi connectivity index (χ1v) is 8.41. The fourth-order valence-electron chi connectivity index (χ4n) is 2.21. The molecule has 0 unspecified atom stereocenters. The van der Waals surface area contributed by atoms with Crippen LogP contribution in [0.2, 0.25) is 0 Å². The van der Waals surface area contributed by atoms with Crippen molar-refractivity contribution in [1.82, 2.24) is 0 Å². The topological polar surface area (TPSA) is 83.1 Å². The first kappa shape index (κ1) is 20.5. The highest BCUT2D eigenvalue weighted by molar-refractivity contribution is 9.10. The van der Waals surface area contributed by atoms with Gasteiger partial charge in [0.15, 0.2) is 18.1 Å². The lowest BCUT2D eigenvalue weighted by molar-refractivity contribution is -0.119. The molecule has 1 N–H and O–H groups in total. The van der Waals surface area contributed by atoms with Gasteiger partial charge in [0.05, 0.1) is 26.9 Å². The van der Waals surface area contributed by atoms with Crippen LogP contribution in [0, 0.1) is 5.82 Å². The van der Waals surface area contributed by atoms with E-state index in [1.807, 2.05) is 0 Å². The Labute approximate surface area is 163 Å². The summed E-state index contributed by atoms with van der Waals surface area (Å²) in [7, 11) is 4.36. The van der Waals surface area contributed by atoms with Crippen LogP contribution in [0.4, 0.5) is 10.1 Å². The SMILES string of the molecule is COc1cc(NC(=O)COC(=O)c2ccc(F)cc2Br)cc(OC)c1OC. The summed E-state index contributed by atoms with van der Waals surface area (Å²) >= 11 is 3.07. The molecular weight excluding hydrogens is 425 g/mol. The van der Waals surface area contributed by atoms with Crippen molar-refractivity contribution in [1.29, 1.82) is 0 Å². The molecule has 0 fully saturated rings. The Morgan fingerprint density at radius 1 is 1.04 bits per heavy atom. The third-order valence-corrected chi connectivity index (χ3v) is 4.09. The van der Waals surface area contributed by atoms with Crippen molar-refractivity contribution in [2.45, 2.75) is 0 Å². The smallest absolute Gasteiger partial charge is 0.339 e. The molecular formula is C18H17BrFNO6. The standard InChI is InChI=1S/C18H17BrFNO6/c1-24-14-7-11(8-15(25-2)17(14)26-3)21-16(22)9-27-18(23)12-5-4-10(20)6-13(12)19/h4-8H,9H2,1-3H3,(H,21,22). The van der Waals surface area contributed by atoms with Gasteiger partial charge in [-0.3, -0.25) is 4.79 Å². The number of carbonyl (C=O) groups excluding carboxylic acids is 2. The Kier molecular flexibility index (Phi) is 7.00. The van der Waals surface area contributed by atoms with Gasteiger partial charge >= 0.3 is 5.97 Å². The van der Waals surface area contributed by atoms with E-state index in [2.05, 4.69) is 21.2 Å². The fourth-order valence-corrected chi connectivity index (χ4v) is 2.73. The summed E-state index contributed by atoms with van der Waals surface area (Å²) in [6.45, 7) is -0.528. The number of esters is 1. The van der Waals surface area contributed by atoms with Crippen LogP contribution in [0.25, 0.3) is 0 Å². The number of benzene rings is 2. The first-order valence-electron chi connectivity index (χ1n) is 7.61. The molecule has 0 aliphatic heterocycles. The van der Waals surface area contributed by atoms with Gasteiger partial charge in [0.25, 0.3) is 5.91 Å². The fraction of sp³-hybridized carbons (Fsp3) is 0.222. The van der Waals surface area contributed by atoms with Crippen molar-refractivity contribution in [2.24, 2.45) is 0 Å². The van der Waals surface area contributed by atoms with Crippen LogP contribution in [0.15, 0.2) is 34.8 Å². The van der Waals surface area contributed by atoms with Crippen molar-refractivity contribution >= 4 is 33.5 Å². The van der Waals surface area contributed by atoms with Crippen molar-refractivity contribution in [3.05, 3.63) is 46.2 Å². The molecule has 0 aromatic heterocycles. The molecule has 27 heavy (non-hydrogen) atoms. The van der Waals surface area contributed by atoms with E-state index in [0.717, 1.165) is 12.1 Å². The second-order valence-electron chi connectivity index (χ2n) is 5.16. The molecule has 0 spiro atoms. The van der Waals surface area contributed by atoms with Gasteiger partial charge in [-0.15, -0.1) is 0 Å². The molecule has 2 rings (SSSR count). The van der Waals surface area contributed by atoms with Gasteiger partial charge in [-0.05, 0) is 34.1 Å². The van der Waals surface area contributed by atoms with Crippen molar-refractivity contribution < 1.29 is 32.9 Å². The number of methoxy groups -OCH3 is 3. The third-order valence-electron chi connectivity index (χ3n) is 3.43. The average molecular weight is 442 g/mol. The van der Waals surface area contributed by atoms with E-state index in [4.69, 9.17) is 18.9 Å². The predicted octanol–water partition coefficient (Wildman–Crippen LogP) is 3.41. The van der Waals surface area contributed by atoms with Gasteiger partial charge in [0.2, 0.25) is 5.75 Å². The number of carbonyl (C=O) groups is 2. The minimum absolute atomic E-state index is 0.108. The zero-order valence-corrected chi connectivity index (χ0v) is 16.4. The van der Waals surface area contributed by atoms with E-state index in [9.17, 15) is 14.0 Å². The van der Waals surface area contributed by atoms with Crippen molar-refractivity contribution in [2.75, 3.05) is 33.3 Å². The molecule has 2 aromatic carbocycles. The Morgan fingerprint density at radius 2 is 1.67 bits per heavy atom. The van der Waals surface area contributed by atoms with E-state index < -0.39 is 24.3 Å². The maximum atomic E-state index is 13.1. The van der Waals surface area contributed by atoms with Crippen LogP contribution in [0.5, 0.6) is 17.2 Å². The number of halogens is 2. The molecule has 0 saturated heterocycles. The summed E-state index contributed by atoms with van der Waals surface area (Å²) in [6.07, 6.45) is 0. The molecule has 0 saturated carbocycles. The Hall–Kier alpha value is -2.81. The molecule has 2 aromatic rings. The molecule has 7 nitrogen and oxygen atoms in total. The predicted molar refractivity (Wildman–Crippen MR) is 99.1 cm³/mol. The van der Waals surface area contributed by atoms with Gasteiger partial charge in [0.1, 0.15) is 5.82 Å². The van der Waals surface area contributed by atoms with Crippen LogP contribution in [-0.2, 0) is 9.53 Å². The third kappa shape index (κ3) is 5.10. The average Bonchev–Trinajstić information content (AvgIpc) is 2.65. The lowest BCUT2D eigenvalue weighted by Crippen LogP contribution is -2.21. The maximum Gasteiger partial charge on any atom is 0.339 e. The van der Waals surface area contributed by atoms with Gasteiger partial charge in [-0.2, -0.15) is 0 Å². The number of rotatable bonds is 7. The largest absolute Gasteiger partial charge is 0.493 e. The summed E-state index contributed by atoms with van der Waals surface area (Å²) in [4.78, 5) is 24.1. The van der Waals surface area contributed by atoms with Crippen LogP contribution >= 0.6 is 15.9 Å². The van der Waals surface area contributed by atoms with Crippen LogP contribution < -0.4 is 19.5 Å². The summed E-state index contributed by atoms with van der Waals surface area (Å²) in [5.41, 5.74) is 0.477. The summed E-state index contributed by atoms with van der Waals surface area (Å²) in [5.74, 6) is -0.735. The highest BCUT2D eigenvalue weighted by Crippen LogP contribution is 2.39. The molecule has 0 radical (unpaired) electrons. The van der Waals surface area contributed by atoms with Gasteiger partial charge in [-0.25, -0.2) is 9.18 Å². The van der Waals surface area contributed by atoms with Crippen LogP contribution in [0.3, 0.4) is 0 Å². The Morgan fingerprint density at radius 3 is 2.19 bits per heavy atom. The zero-order chi connectivity index (χ0) is 20.0. The molecule has 0 aliphatic carbocycles. The minimum Gasteiger partial charge on any atom is -0.493 e. The molecule has 144 valence electrons. The first-order chi connectivity index (χ1) is 12.9.